The number of hydrogen-bond acceptors (Lipinski definition) is 0. The predicted octanol–water partition coefficient (Wildman–Crippen LogP) is 2.38. The molecule has 2 aromatic rings. The van der Waals surface area contributed by atoms with E-state index in [0.29, 0.717) is 0 Å². The Morgan fingerprint density at radius 1 is 1.00 bits per heavy atom. The molecule has 1 aliphatic carbocycles. The second kappa shape index (κ2) is 19.6. The molecule has 31 heavy (non-hydrogen) atoms. The van der Waals surface area contributed by atoms with E-state index in [4.69, 9.17) is 0 Å². The number of allylic oxidation sites excluding steroid dienone is 4. The van der Waals surface area contributed by atoms with Crippen LogP contribution in [0.25, 0.3) is 10.8 Å². The van der Waals surface area contributed by atoms with E-state index in [-0.39, 0.29) is 58.6 Å². The summed E-state index contributed by atoms with van der Waals surface area (Å²) in [6.45, 7) is 9.11. The molecule has 1 atom stereocenters. The van der Waals surface area contributed by atoms with Crippen molar-refractivity contribution in [1.29, 1.82) is 0 Å². The molecule has 0 aliphatic heterocycles. The van der Waals surface area contributed by atoms with E-state index in [1.807, 2.05) is 0 Å². The maximum Gasteiger partial charge on any atom is 4.00 e. The SMILES string of the molecule is CCCC(C)C1=[C-]CC=C1.CCCCP(CCCC)c1cc2ccccc2[cH-]1.[Cl-].[Cl-].[Hf+4]. The minimum absolute atomic E-state index is 0. The van der Waals surface area contributed by atoms with Gasteiger partial charge < -0.3 is 24.8 Å². The summed E-state index contributed by atoms with van der Waals surface area (Å²) in [6.07, 6.45) is 19.6. The van der Waals surface area contributed by atoms with E-state index in [1.165, 1.54) is 67.2 Å². The van der Waals surface area contributed by atoms with E-state index >= 15 is 0 Å². The zero-order chi connectivity index (χ0) is 20.2. The van der Waals surface area contributed by atoms with Crippen molar-refractivity contribution in [2.45, 2.75) is 72.6 Å². The molecular formula is C27H39Cl2HfP. The Morgan fingerprint density at radius 3 is 2.16 bits per heavy atom. The summed E-state index contributed by atoms with van der Waals surface area (Å²) in [5.74, 6) is 0.726. The van der Waals surface area contributed by atoms with Gasteiger partial charge in [0.25, 0.3) is 0 Å². The molecule has 0 spiro atoms. The van der Waals surface area contributed by atoms with Crippen LogP contribution in [0.2, 0.25) is 0 Å². The Labute approximate surface area is 224 Å². The Hall–Kier alpha value is 0.190. The molecule has 0 amide bonds. The van der Waals surface area contributed by atoms with Gasteiger partial charge in [-0.1, -0.05) is 66.9 Å². The van der Waals surface area contributed by atoms with Gasteiger partial charge >= 0.3 is 25.8 Å². The number of benzene rings is 1. The van der Waals surface area contributed by atoms with Crippen LogP contribution in [-0.4, -0.2) is 12.3 Å². The van der Waals surface area contributed by atoms with Gasteiger partial charge in [0.1, 0.15) is 0 Å². The van der Waals surface area contributed by atoms with Crippen molar-refractivity contribution < 1.29 is 50.7 Å². The molecule has 0 N–H and O–H groups in total. The van der Waals surface area contributed by atoms with E-state index in [2.05, 4.69) is 82.3 Å². The van der Waals surface area contributed by atoms with Crippen molar-refractivity contribution in [3.05, 3.63) is 60.2 Å². The van der Waals surface area contributed by atoms with Gasteiger partial charge in [0.2, 0.25) is 0 Å². The van der Waals surface area contributed by atoms with Gasteiger partial charge in [0.05, 0.1) is 0 Å². The Morgan fingerprint density at radius 2 is 1.65 bits per heavy atom. The number of hydrogen-bond donors (Lipinski definition) is 0. The topological polar surface area (TPSA) is 0 Å². The van der Waals surface area contributed by atoms with Gasteiger partial charge in [-0.15, -0.1) is 46.8 Å². The third kappa shape index (κ3) is 11.7. The summed E-state index contributed by atoms with van der Waals surface area (Å²) in [6, 6.07) is 13.6. The van der Waals surface area contributed by atoms with E-state index in [9.17, 15) is 0 Å². The Balaban J connectivity index is 0. The minimum Gasteiger partial charge on any atom is -1.00 e. The predicted molar refractivity (Wildman–Crippen MR) is 130 cm³/mol. The molecule has 4 heteroatoms. The Bertz CT molecular complexity index is 710. The molecule has 0 bridgehead atoms. The van der Waals surface area contributed by atoms with Gasteiger partial charge in [0.15, 0.2) is 0 Å². The first kappa shape index (κ1) is 33.4. The van der Waals surface area contributed by atoms with Crippen LogP contribution in [-0.2, 0) is 25.8 Å². The molecule has 0 heterocycles. The van der Waals surface area contributed by atoms with E-state index in [0.717, 1.165) is 12.3 Å². The largest absolute Gasteiger partial charge is 4.00 e. The molecule has 2 aromatic carbocycles. The van der Waals surface area contributed by atoms with Crippen LogP contribution in [0.5, 0.6) is 0 Å². The summed E-state index contributed by atoms with van der Waals surface area (Å²) in [5.41, 5.74) is 1.42. The number of unbranched alkanes of at least 4 members (excludes halogenated alkanes) is 2. The normalized spacial score (nSPS) is 12.9. The van der Waals surface area contributed by atoms with Crippen molar-refractivity contribution in [2.75, 3.05) is 12.3 Å². The molecule has 3 rings (SSSR count). The van der Waals surface area contributed by atoms with Gasteiger partial charge in [-0.3, -0.25) is 6.08 Å². The molecule has 0 radical (unpaired) electrons. The second-order valence-corrected chi connectivity index (χ2v) is 10.5. The van der Waals surface area contributed by atoms with Crippen molar-refractivity contribution in [3.8, 4) is 0 Å². The third-order valence-electron chi connectivity index (χ3n) is 5.51. The van der Waals surface area contributed by atoms with E-state index < -0.39 is 0 Å². The van der Waals surface area contributed by atoms with Crippen LogP contribution in [0.1, 0.15) is 72.6 Å². The molecular weight excluding hydrogens is 605 g/mol. The fraction of sp³-hybridized carbons (Fsp3) is 0.519. The maximum absolute atomic E-state index is 3.35. The average molecular weight is 644 g/mol. The molecule has 0 aromatic heterocycles. The molecule has 1 unspecified atom stereocenters. The fourth-order valence-electron chi connectivity index (χ4n) is 3.73. The maximum atomic E-state index is 3.35. The van der Waals surface area contributed by atoms with Crippen LogP contribution >= 0.6 is 7.92 Å². The summed E-state index contributed by atoms with van der Waals surface area (Å²) >= 11 is 0. The number of fused-ring (bicyclic) bond motifs is 1. The molecule has 0 nitrogen and oxygen atoms in total. The zero-order valence-corrected chi connectivity index (χ0v) is 25.8. The van der Waals surface area contributed by atoms with Crippen LogP contribution in [0.4, 0.5) is 0 Å². The van der Waals surface area contributed by atoms with Crippen LogP contribution in [0.3, 0.4) is 0 Å². The summed E-state index contributed by atoms with van der Waals surface area (Å²) < 4.78 is 0. The summed E-state index contributed by atoms with van der Waals surface area (Å²) in [7, 11) is 0.0856. The molecule has 1 aliphatic rings. The standard InChI is InChI=1S/C17H24P.C10H15.2ClH.Hf/c1-3-5-11-18(12-6-4-2)17-13-15-9-7-8-10-16(15)14-17;1-3-6-9(2)10-7-4-5-8-10;;;/h7-10,13-14H,3-6,11-12H2,1-2H3;4,7,9H,3,5-6H2,1-2H3;2*1H;/q2*-1;;;+4/p-2. The quantitative estimate of drug-likeness (QED) is 0.212. The molecule has 0 fully saturated rings. The van der Waals surface area contributed by atoms with Gasteiger partial charge in [0, 0.05) is 0 Å². The smallest absolute Gasteiger partial charge is 1.00 e. The first-order valence-electron chi connectivity index (χ1n) is 11.4. The molecule has 0 saturated carbocycles. The van der Waals surface area contributed by atoms with Gasteiger partial charge in [-0.25, -0.2) is 11.6 Å². The Kier molecular flexibility index (Phi) is 21.1. The average Bonchev–Trinajstić information content (AvgIpc) is 3.38. The fourth-order valence-corrected chi connectivity index (χ4v) is 6.51. The third-order valence-corrected chi connectivity index (χ3v) is 8.21. The summed E-state index contributed by atoms with van der Waals surface area (Å²) in [4.78, 5) is 0. The van der Waals surface area contributed by atoms with Crippen LogP contribution in [0.15, 0.2) is 54.1 Å². The number of rotatable bonds is 10. The van der Waals surface area contributed by atoms with Crippen molar-refractivity contribution in [1.82, 2.24) is 0 Å². The van der Waals surface area contributed by atoms with Crippen molar-refractivity contribution in [2.24, 2.45) is 5.92 Å². The van der Waals surface area contributed by atoms with Crippen molar-refractivity contribution in [3.63, 3.8) is 0 Å². The first-order chi connectivity index (χ1) is 13.7. The summed E-state index contributed by atoms with van der Waals surface area (Å²) in [5, 5.41) is 4.48. The van der Waals surface area contributed by atoms with Gasteiger partial charge in [-0.05, 0) is 31.6 Å². The molecule has 0 saturated heterocycles. The monoisotopic (exact) mass is 644 g/mol. The second-order valence-electron chi connectivity index (χ2n) is 7.96. The van der Waals surface area contributed by atoms with Crippen LogP contribution < -0.4 is 30.1 Å². The minimum atomic E-state index is 0. The van der Waals surface area contributed by atoms with Gasteiger partial charge in [-0.2, -0.15) is 12.1 Å². The van der Waals surface area contributed by atoms with E-state index in [1.54, 1.807) is 5.30 Å². The number of halogens is 2. The first-order valence-corrected chi connectivity index (χ1v) is 13.1. The van der Waals surface area contributed by atoms with Crippen molar-refractivity contribution >= 4 is 24.0 Å². The molecule has 170 valence electrons. The van der Waals surface area contributed by atoms with Crippen LogP contribution in [0, 0.1) is 12.0 Å². The zero-order valence-electron chi connectivity index (χ0n) is 19.8.